The Morgan fingerprint density at radius 1 is 1.25 bits per heavy atom. The number of halogens is 2. The van der Waals surface area contributed by atoms with Crippen molar-refractivity contribution in [2.45, 2.75) is 0 Å². The van der Waals surface area contributed by atoms with Crippen LogP contribution >= 0.6 is 17.2 Å². The van der Waals surface area contributed by atoms with Crippen LogP contribution in [0, 0.1) is 0 Å². The standard InChI is InChI=1S/2ClH.2In/h2*1H;;/q;;;+2/p-2/i;;1-4;. The van der Waals surface area contributed by atoms with E-state index in [2.05, 4.69) is 0 Å². The van der Waals surface area contributed by atoms with Gasteiger partial charge in [-0.05, 0) is 0 Å². The fourth-order valence-corrected chi connectivity index (χ4v) is 0. The van der Waals surface area contributed by atoms with Crippen LogP contribution in [0.15, 0.2) is 0 Å². The summed E-state index contributed by atoms with van der Waals surface area (Å²) in [4.78, 5) is 0. The first-order chi connectivity index (χ1) is 1.41. The van der Waals surface area contributed by atoms with Crippen LogP contribution in [0.5, 0.6) is 0 Å². The summed E-state index contributed by atoms with van der Waals surface area (Å²) in [5, 5.41) is 0. The van der Waals surface area contributed by atoms with Crippen molar-refractivity contribution in [2.24, 2.45) is 0 Å². The molecular formula is Cl2In2. The molecule has 0 amide bonds. The van der Waals surface area contributed by atoms with E-state index in [0.717, 1.165) is 0 Å². The normalized spacial score (nSPS) is 3.50. The maximum atomic E-state index is 4.95. The van der Waals surface area contributed by atoms with Gasteiger partial charge in [-0.2, -0.15) is 0 Å². The van der Waals surface area contributed by atoms with E-state index in [1.165, 1.54) is 0 Å². The first kappa shape index (κ1) is 9.58. The molecule has 0 rings (SSSR count). The van der Waals surface area contributed by atoms with E-state index in [0.29, 0.717) is 0 Å². The van der Waals surface area contributed by atoms with Gasteiger partial charge in [0.15, 0.2) is 0 Å². The fraction of sp³-hybridized carbons (Fsp3) is 0. The summed E-state index contributed by atoms with van der Waals surface area (Å²) in [6.07, 6.45) is 0. The molecule has 0 saturated carbocycles. The molecule has 0 atom stereocenters. The van der Waals surface area contributed by atoms with Gasteiger partial charge in [0.2, 0.25) is 0 Å². The molecule has 0 fully saturated rings. The molecule has 0 nitrogen and oxygen atoms in total. The molecule has 0 aliphatic heterocycles. The predicted octanol–water partition coefficient (Wildman–Crippen LogP) is 0.617. The monoisotopic (exact) mass is 296 g/mol. The Morgan fingerprint density at radius 3 is 1.25 bits per heavy atom. The van der Waals surface area contributed by atoms with Gasteiger partial charge in [-0.15, -0.1) is 0 Å². The van der Waals surface area contributed by atoms with Crippen molar-refractivity contribution in [2.75, 3.05) is 0 Å². The van der Waals surface area contributed by atoms with E-state index in [4.69, 9.17) is 17.2 Å². The van der Waals surface area contributed by atoms with Crippen LogP contribution in [0.1, 0.15) is 0 Å². The third-order valence-electron chi connectivity index (χ3n) is 0. The first-order valence-electron chi connectivity index (χ1n) is 0.436. The molecule has 0 aromatic heterocycles. The van der Waals surface area contributed by atoms with Crippen molar-refractivity contribution in [3.8, 4) is 0 Å². The molecule has 4 radical (unpaired) electrons. The van der Waals surface area contributed by atoms with Crippen molar-refractivity contribution >= 4 is 63.5 Å². The Hall–Kier alpha value is 2.32. The molecule has 4 heavy (non-hydrogen) atoms. The van der Waals surface area contributed by atoms with Gasteiger partial charge in [-0.1, -0.05) is 0 Å². The Bertz CT molecular complexity index is 4.00. The summed E-state index contributed by atoms with van der Waals surface area (Å²) in [6.45, 7) is 0. The molecule has 0 aromatic rings. The van der Waals surface area contributed by atoms with E-state index < -0.39 is 20.5 Å². The van der Waals surface area contributed by atoms with Crippen molar-refractivity contribution in [3.63, 3.8) is 0 Å². The van der Waals surface area contributed by atoms with E-state index in [1.54, 1.807) is 0 Å². The zero-order chi connectivity index (χ0) is 2.71. The topological polar surface area (TPSA) is 0 Å². The van der Waals surface area contributed by atoms with Gasteiger partial charge in [0.05, 0.1) is 0 Å². The van der Waals surface area contributed by atoms with Crippen LogP contribution in [-0.4, -0.2) is 46.4 Å². The Kier molecular flexibility index (Phi) is 21.6. The van der Waals surface area contributed by atoms with Crippen LogP contribution in [-0.2, 0) is 0 Å². The summed E-state index contributed by atoms with van der Waals surface area (Å²) in [5.41, 5.74) is 0. The van der Waals surface area contributed by atoms with Crippen molar-refractivity contribution < 1.29 is 0 Å². The summed E-state index contributed by atoms with van der Waals surface area (Å²) in [6, 6.07) is 0. The van der Waals surface area contributed by atoms with Crippen LogP contribution < -0.4 is 0 Å². The molecule has 0 spiro atoms. The maximum absolute atomic E-state index is 4.95. The molecule has 0 heterocycles. The molecular weight excluding hydrogens is 297 g/mol. The fourth-order valence-electron chi connectivity index (χ4n) is 0. The summed E-state index contributed by atoms with van der Waals surface area (Å²) in [7, 11) is 9.91. The Labute approximate surface area is 62.5 Å². The van der Waals surface area contributed by atoms with Crippen LogP contribution in [0.3, 0.4) is 0 Å². The zero-order valence-corrected chi connectivity index (χ0v) is 10.0. The third kappa shape index (κ3) is 8.85. The quantitative estimate of drug-likeness (QED) is 0.615. The molecule has 0 N–H and O–H groups in total. The second kappa shape index (κ2) is 9.01. The average molecular weight is 297 g/mol. The van der Waals surface area contributed by atoms with Gasteiger partial charge >= 0.3 is 37.7 Å². The van der Waals surface area contributed by atoms with Crippen molar-refractivity contribution in [1.82, 2.24) is 0 Å². The molecule has 0 saturated heterocycles. The molecule has 4 heteroatoms. The number of hydrogen-bond donors (Lipinski definition) is 0. The third-order valence-corrected chi connectivity index (χ3v) is 0. The minimum atomic E-state index is -0.946. The summed E-state index contributed by atoms with van der Waals surface area (Å²) in [5.74, 6) is 0. The second-order valence-electron chi connectivity index (χ2n) is 0.0825. The first-order valence-corrected chi connectivity index (χ1v) is 8.78. The van der Waals surface area contributed by atoms with E-state index >= 15 is 0 Å². The molecule has 0 aliphatic carbocycles. The molecule has 0 aliphatic rings. The van der Waals surface area contributed by atoms with Gasteiger partial charge in [-0.25, -0.2) is 0 Å². The van der Waals surface area contributed by atoms with E-state index in [-0.39, 0.29) is 25.8 Å². The van der Waals surface area contributed by atoms with Crippen molar-refractivity contribution in [1.29, 1.82) is 0 Å². The summed E-state index contributed by atoms with van der Waals surface area (Å²) >= 11 is -0.946. The molecule has 20 valence electrons. The SMILES string of the molecule is [111In].[Cl][In][Cl]. The molecule has 0 bridgehead atoms. The van der Waals surface area contributed by atoms with Crippen molar-refractivity contribution in [3.05, 3.63) is 0 Å². The average Bonchev–Trinajstić information content (AvgIpc) is 0.918. The van der Waals surface area contributed by atoms with Gasteiger partial charge in [0.1, 0.15) is 0 Å². The Balaban J connectivity index is 0. The van der Waals surface area contributed by atoms with Gasteiger partial charge in [0, 0.05) is 25.8 Å². The van der Waals surface area contributed by atoms with Crippen LogP contribution in [0.4, 0.5) is 0 Å². The van der Waals surface area contributed by atoms with Crippen LogP contribution in [0.25, 0.3) is 0 Å². The van der Waals surface area contributed by atoms with Gasteiger partial charge < -0.3 is 0 Å². The zero-order valence-electron chi connectivity index (χ0n) is 1.91. The number of rotatable bonds is 0. The van der Waals surface area contributed by atoms with E-state index in [9.17, 15) is 0 Å². The predicted molar refractivity (Wildman–Crippen MR) is 23.2 cm³/mol. The van der Waals surface area contributed by atoms with Crippen LogP contribution in [0.2, 0.25) is 0 Å². The van der Waals surface area contributed by atoms with Gasteiger partial charge in [-0.3, -0.25) is 0 Å². The Morgan fingerprint density at radius 2 is 1.25 bits per heavy atom. The summed E-state index contributed by atoms with van der Waals surface area (Å²) < 4.78 is 0. The van der Waals surface area contributed by atoms with Gasteiger partial charge in [0.25, 0.3) is 0 Å². The second-order valence-corrected chi connectivity index (χ2v) is 4.98. The minimum absolute atomic E-state index is 0. The molecule has 0 unspecified atom stereocenters. The molecule has 0 aromatic carbocycles. The number of hydrogen-bond acceptors (Lipinski definition) is 0. The van der Waals surface area contributed by atoms with E-state index in [1.807, 2.05) is 0 Å².